The maximum Gasteiger partial charge on any atom is 0.342 e. The molecule has 170 valence electrons. The molecule has 1 unspecified atom stereocenters. The SMILES string of the molecule is CCCC[C@@H](CC)CC=C[C@H]1CCC(=O)[C@@H]1CC=CCCC(=O)C(O)C(=O)OCC. The number of allylic oxidation sites excluding steroid dienone is 4. The lowest BCUT2D eigenvalue weighted by Crippen LogP contribution is -2.31. The molecule has 0 bridgehead atoms. The van der Waals surface area contributed by atoms with Crippen LogP contribution in [0.4, 0.5) is 0 Å². The first kappa shape index (κ1) is 26.3. The Kier molecular flexibility index (Phi) is 13.2. The van der Waals surface area contributed by atoms with Gasteiger partial charge >= 0.3 is 5.97 Å². The summed E-state index contributed by atoms with van der Waals surface area (Å²) in [4.78, 5) is 35.4. The van der Waals surface area contributed by atoms with Crippen molar-refractivity contribution in [3.05, 3.63) is 24.3 Å². The summed E-state index contributed by atoms with van der Waals surface area (Å²) in [7, 11) is 0. The molecule has 4 atom stereocenters. The predicted octanol–water partition coefficient (Wildman–Crippen LogP) is 4.96. The van der Waals surface area contributed by atoms with E-state index in [1.165, 1.54) is 25.7 Å². The third-order valence-corrected chi connectivity index (χ3v) is 5.98. The van der Waals surface area contributed by atoms with Crippen molar-refractivity contribution in [3.8, 4) is 0 Å². The third-order valence-electron chi connectivity index (χ3n) is 5.98. The zero-order valence-corrected chi connectivity index (χ0v) is 19.0. The summed E-state index contributed by atoms with van der Waals surface area (Å²) in [6.45, 7) is 6.23. The van der Waals surface area contributed by atoms with E-state index in [0.29, 0.717) is 31.0 Å². The van der Waals surface area contributed by atoms with Gasteiger partial charge in [0, 0.05) is 18.8 Å². The fourth-order valence-corrected chi connectivity index (χ4v) is 3.97. The van der Waals surface area contributed by atoms with Gasteiger partial charge in [-0.15, -0.1) is 0 Å². The van der Waals surface area contributed by atoms with Gasteiger partial charge in [0.25, 0.3) is 0 Å². The highest BCUT2D eigenvalue weighted by Crippen LogP contribution is 2.33. The minimum absolute atomic E-state index is 0.0223. The first-order valence-corrected chi connectivity index (χ1v) is 11.7. The van der Waals surface area contributed by atoms with Crippen molar-refractivity contribution < 1.29 is 24.2 Å². The Balaban J connectivity index is 2.43. The summed E-state index contributed by atoms with van der Waals surface area (Å²) in [5, 5.41) is 9.60. The topological polar surface area (TPSA) is 80.7 Å². The van der Waals surface area contributed by atoms with Gasteiger partial charge in [-0.2, -0.15) is 0 Å². The average molecular weight is 421 g/mol. The number of unbranched alkanes of at least 4 members (excludes halogenated alkanes) is 1. The minimum Gasteiger partial charge on any atom is -0.464 e. The monoisotopic (exact) mass is 420 g/mol. The molecule has 30 heavy (non-hydrogen) atoms. The second kappa shape index (κ2) is 15.1. The molecule has 0 aromatic heterocycles. The number of hydrogen-bond donors (Lipinski definition) is 1. The van der Waals surface area contributed by atoms with Gasteiger partial charge in [0.05, 0.1) is 6.61 Å². The Bertz CT molecular complexity index is 592. The zero-order chi connectivity index (χ0) is 22.4. The number of ketones is 2. The van der Waals surface area contributed by atoms with Crippen LogP contribution in [0.25, 0.3) is 0 Å². The van der Waals surface area contributed by atoms with Gasteiger partial charge in [-0.1, -0.05) is 63.8 Å². The summed E-state index contributed by atoms with van der Waals surface area (Å²) < 4.78 is 4.64. The molecule has 1 fully saturated rings. The van der Waals surface area contributed by atoms with Crippen molar-refractivity contribution in [2.45, 2.75) is 91.1 Å². The molecule has 0 aromatic rings. The van der Waals surface area contributed by atoms with Crippen molar-refractivity contribution in [2.75, 3.05) is 6.61 Å². The Morgan fingerprint density at radius 1 is 1.20 bits per heavy atom. The van der Waals surface area contributed by atoms with E-state index in [-0.39, 0.29) is 18.9 Å². The summed E-state index contributed by atoms with van der Waals surface area (Å²) in [6.07, 6.45) is 15.5. The number of aliphatic hydroxyl groups is 1. The molecule has 0 aromatic carbocycles. The van der Waals surface area contributed by atoms with Crippen LogP contribution in [0.1, 0.15) is 85.0 Å². The van der Waals surface area contributed by atoms with Gasteiger partial charge in [-0.05, 0) is 44.4 Å². The molecule has 5 heteroatoms. The molecule has 0 radical (unpaired) electrons. The largest absolute Gasteiger partial charge is 0.464 e. The van der Waals surface area contributed by atoms with E-state index in [2.05, 4.69) is 30.7 Å². The van der Waals surface area contributed by atoms with Crippen LogP contribution in [0.3, 0.4) is 0 Å². The van der Waals surface area contributed by atoms with Crippen molar-refractivity contribution >= 4 is 17.5 Å². The fraction of sp³-hybridized carbons (Fsp3) is 0.720. The number of carbonyl (C=O) groups is 3. The molecule has 0 aliphatic heterocycles. The lowest BCUT2D eigenvalue weighted by atomic mass is 9.90. The highest BCUT2D eigenvalue weighted by atomic mass is 16.5. The van der Waals surface area contributed by atoms with Crippen LogP contribution in [-0.4, -0.2) is 35.4 Å². The van der Waals surface area contributed by atoms with E-state index in [1.54, 1.807) is 6.92 Å². The second-order valence-corrected chi connectivity index (χ2v) is 8.22. The van der Waals surface area contributed by atoms with E-state index in [0.717, 1.165) is 18.8 Å². The third kappa shape index (κ3) is 9.38. The van der Waals surface area contributed by atoms with E-state index in [4.69, 9.17) is 0 Å². The van der Waals surface area contributed by atoms with Crippen LogP contribution in [0, 0.1) is 17.8 Å². The number of rotatable bonds is 15. The van der Waals surface area contributed by atoms with Crippen LogP contribution >= 0.6 is 0 Å². The lowest BCUT2D eigenvalue weighted by molar-refractivity contribution is -0.157. The standard InChI is InChI=1S/C25H40O5/c1-4-7-12-19(5-2)13-11-14-20-17-18-22(26)21(20)15-9-8-10-16-23(27)24(28)25(29)30-6-3/h8-9,11,14,19-21,24,28H,4-7,10,12-13,15-18H2,1-3H3/t19-,20+,21-,24?/m1/s1. The first-order chi connectivity index (χ1) is 14.4. The van der Waals surface area contributed by atoms with Gasteiger partial charge in [-0.25, -0.2) is 4.79 Å². The van der Waals surface area contributed by atoms with Crippen molar-refractivity contribution in [1.82, 2.24) is 0 Å². The first-order valence-electron chi connectivity index (χ1n) is 11.7. The van der Waals surface area contributed by atoms with Crippen molar-refractivity contribution in [2.24, 2.45) is 17.8 Å². The minimum atomic E-state index is -1.70. The van der Waals surface area contributed by atoms with Crippen molar-refractivity contribution in [3.63, 3.8) is 0 Å². The highest BCUT2D eigenvalue weighted by Gasteiger charge is 2.31. The molecule has 0 spiro atoms. The molecule has 1 N–H and O–H groups in total. The molecule has 1 rings (SSSR count). The molecule has 1 aliphatic carbocycles. The van der Waals surface area contributed by atoms with Gasteiger partial charge in [0.1, 0.15) is 5.78 Å². The van der Waals surface area contributed by atoms with Crippen LogP contribution in [-0.2, 0) is 19.1 Å². The Morgan fingerprint density at radius 2 is 1.97 bits per heavy atom. The number of hydrogen-bond acceptors (Lipinski definition) is 5. The molecular weight excluding hydrogens is 380 g/mol. The number of Topliss-reactive ketones (excluding diaryl/α,β-unsaturated/α-hetero) is 2. The van der Waals surface area contributed by atoms with E-state index in [1.807, 2.05) is 12.2 Å². The predicted molar refractivity (Wildman–Crippen MR) is 119 cm³/mol. The molecule has 1 saturated carbocycles. The quantitative estimate of drug-likeness (QED) is 0.230. The second-order valence-electron chi connectivity index (χ2n) is 8.22. The zero-order valence-electron chi connectivity index (χ0n) is 19.0. The van der Waals surface area contributed by atoms with Gasteiger partial charge < -0.3 is 9.84 Å². The summed E-state index contributed by atoms with van der Waals surface area (Å²) >= 11 is 0. The summed E-state index contributed by atoms with van der Waals surface area (Å²) in [5.74, 6) is -0.0468. The van der Waals surface area contributed by atoms with Crippen LogP contribution in [0.2, 0.25) is 0 Å². The average Bonchev–Trinajstić information content (AvgIpc) is 3.09. The summed E-state index contributed by atoms with van der Waals surface area (Å²) in [5.41, 5.74) is 0. The Labute approximate surface area is 182 Å². The number of esters is 1. The lowest BCUT2D eigenvalue weighted by Gasteiger charge is -2.14. The van der Waals surface area contributed by atoms with E-state index >= 15 is 0 Å². The maximum atomic E-state index is 12.3. The molecule has 0 amide bonds. The Hall–Kier alpha value is -1.75. The number of aliphatic hydroxyl groups excluding tert-OH is 1. The maximum absolute atomic E-state index is 12.3. The summed E-state index contributed by atoms with van der Waals surface area (Å²) in [6, 6.07) is 0. The molecule has 1 aliphatic rings. The molecule has 0 saturated heterocycles. The van der Waals surface area contributed by atoms with E-state index in [9.17, 15) is 19.5 Å². The normalized spacial score (nSPS) is 21.4. The number of ether oxygens (including phenoxy) is 1. The van der Waals surface area contributed by atoms with Crippen LogP contribution < -0.4 is 0 Å². The van der Waals surface area contributed by atoms with Crippen LogP contribution in [0.5, 0.6) is 0 Å². The smallest absolute Gasteiger partial charge is 0.342 e. The van der Waals surface area contributed by atoms with Crippen molar-refractivity contribution in [1.29, 1.82) is 0 Å². The van der Waals surface area contributed by atoms with Gasteiger partial charge in [0.2, 0.25) is 6.10 Å². The van der Waals surface area contributed by atoms with Crippen LogP contribution in [0.15, 0.2) is 24.3 Å². The number of carbonyl (C=O) groups excluding carboxylic acids is 3. The molecule has 5 nitrogen and oxygen atoms in total. The molecule has 0 heterocycles. The van der Waals surface area contributed by atoms with E-state index < -0.39 is 17.9 Å². The highest BCUT2D eigenvalue weighted by molar-refractivity contribution is 6.01. The van der Waals surface area contributed by atoms with Gasteiger partial charge in [0.15, 0.2) is 5.78 Å². The van der Waals surface area contributed by atoms with Gasteiger partial charge in [-0.3, -0.25) is 9.59 Å². The Morgan fingerprint density at radius 3 is 2.63 bits per heavy atom. The molecular formula is C25H40O5. The fourth-order valence-electron chi connectivity index (χ4n) is 3.97.